The van der Waals surface area contributed by atoms with E-state index in [1.807, 2.05) is 18.2 Å². The molecule has 0 bridgehead atoms. The molecule has 1 aliphatic heterocycles. The number of anilines is 1. The Morgan fingerprint density at radius 1 is 1.03 bits per heavy atom. The molecule has 1 saturated heterocycles. The second-order valence-electron chi connectivity index (χ2n) is 8.43. The summed E-state index contributed by atoms with van der Waals surface area (Å²) in [5.41, 5.74) is 5.03. The van der Waals surface area contributed by atoms with Crippen molar-refractivity contribution in [2.75, 3.05) is 38.1 Å². The minimum absolute atomic E-state index is 0.275. The first-order valence-corrected chi connectivity index (χ1v) is 11.1. The minimum Gasteiger partial charge on any atom is -0.438 e. The number of aromatic amines is 2. The number of fused-ring (bicyclic) bond motifs is 2. The molecule has 5 aromatic rings. The lowest BCUT2D eigenvalue weighted by atomic mass is 10.2. The first-order valence-electron chi connectivity index (χ1n) is 11.1. The van der Waals surface area contributed by atoms with Crippen LogP contribution in [0.25, 0.3) is 33.5 Å². The average Bonchev–Trinajstić information content (AvgIpc) is 3.48. The molecule has 0 amide bonds. The third kappa shape index (κ3) is 3.60. The van der Waals surface area contributed by atoms with Crippen molar-refractivity contribution in [3.63, 3.8) is 0 Å². The molecule has 2 aromatic carbocycles. The summed E-state index contributed by atoms with van der Waals surface area (Å²) in [6.07, 6.45) is 1.60. The third-order valence-corrected chi connectivity index (χ3v) is 6.20. The number of nitrogens with zero attached hydrogens (tertiary/aromatic N) is 6. The summed E-state index contributed by atoms with van der Waals surface area (Å²) in [7, 11) is 2.16. The summed E-state index contributed by atoms with van der Waals surface area (Å²) in [6.45, 7) is 4.17. The van der Waals surface area contributed by atoms with E-state index in [2.05, 4.69) is 61.3 Å². The summed E-state index contributed by atoms with van der Waals surface area (Å²) >= 11 is 0. The number of hydrogen-bond donors (Lipinski definition) is 2. The highest BCUT2D eigenvalue weighted by molar-refractivity contribution is 5.94. The van der Waals surface area contributed by atoms with Crippen molar-refractivity contribution in [2.45, 2.75) is 0 Å². The lowest BCUT2D eigenvalue weighted by Gasteiger charge is -2.34. The van der Waals surface area contributed by atoms with Crippen LogP contribution in [0.5, 0.6) is 11.6 Å². The predicted octanol–water partition coefficient (Wildman–Crippen LogP) is 3.92. The van der Waals surface area contributed by atoms with Crippen LogP contribution in [0.15, 0.2) is 54.7 Å². The van der Waals surface area contributed by atoms with E-state index >= 15 is 0 Å². The highest BCUT2D eigenvalue weighted by Gasteiger charge is 2.17. The van der Waals surface area contributed by atoms with Gasteiger partial charge in [0.2, 0.25) is 5.88 Å². The number of ether oxygens (including phenoxy) is 1. The van der Waals surface area contributed by atoms with E-state index in [1.165, 1.54) is 5.69 Å². The number of nitriles is 1. The highest BCUT2D eigenvalue weighted by atomic mass is 16.5. The number of benzene rings is 2. The lowest BCUT2D eigenvalue weighted by Crippen LogP contribution is -2.44. The van der Waals surface area contributed by atoms with Gasteiger partial charge in [-0.25, -0.2) is 9.97 Å². The Hall–Kier alpha value is -4.42. The van der Waals surface area contributed by atoms with E-state index in [0.717, 1.165) is 53.8 Å². The van der Waals surface area contributed by atoms with Crippen LogP contribution in [-0.2, 0) is 0 Å². The standard InChI is InChI=1S/C25H22N8O/c1-32-9-11-33(12-10-32)17-4-7-20-22(13-17)29-24(28-20)23-19-6-5-18(14-21(19)30-31-23)34-25-16(15-26)3-2-8-27-25/h2-8,13-14H,9-12H2,1H3,(H,28,29)(H,30,31). The number of hydrogen-bond acceptors (Lipinski definition) is 7. The first-order chi connectivity index (χ1) is 16.7. The van der Waals surface area contributed by atoms with Crippen molar-refractivity contribution < 1.29 is 4.74 Å². The van der Waals surface area contributed by atoms with Gasteiger partial charge in [0, 0.05) is 49.5 Å². The maximum Gasteiger partial charge on any atom is 0.237 e. The van der Waals surface area contributed by atoms with Crippen LogP contribution in [0.4, 0.5) is 5.69 Å². The molecule has 9 nitrogen and oxygen atoms in total. The van der Waals surface area contributed by atoms with Gasteiger partial charge in [0.05, 0.1) is 16.6 Å². The number of H-pyrrole nitrogens is 2. The van der Waals surface area contributed by atoms with E-state index < -0.39 is 0 Å². The van der Waals surface area contributed by atoms with Crippen LogP contribution < -0.4 is 9.64 Å². The van der Waals surface area contributed by atoms with Gasteiger partial charge in [0.15, 0.2) is 5.82 Å². The highest BCUT2D eigenvalue weighted by Crippen LogP contribution is 2.31. The summed E-state index contributed by atoms with van der Waals surface area (Å²) in [6, 6.07) is 17.4. The second kappa shape index (κ2) is 8.17. The summed E-state index contributed by atoms with van der Waals surface area (Å²) < 4.78 is 5.84. The van der Waals surface area contributed by atoms with Crippen molar-refractivity contribution >= 4 is 27.6 Å². The molecule has 0 atom stereocenters. The number of imidazole rings is 1. The zero-order valence-corrected chi connectivity index (χ0v) is 18.6. The average molecular weight is 451 g/mol. The van der Waals surface area contributed by atoms with Crippen molar-refractivity contribution in [1.82, 2.24) is 30.0 Å². The van der Waals surface area contributed by atoms with Gasteiger partial charge < -0.3 is 19.5 Å². The molecule has 1 fully saturated rings. The molecule has 0 saturated carbocycles. The molecule has 0 aliphatic carbocycles. The van der Waals surface area contributed by atoms with Gasteiger partial charge in [-0.05, 0) is 49.5 Å². The molecule has 9 heteroatoms. The van der Waals surface area contributed by atoms with Crippen LogP contribution in [0.1, 0.15) is 5.56 Å². The van der Waals surface area contributed by atoms with E-state index in [0.29, 0.717) is 17.1 Å². The molecule has 0 unspecified atom stereocenters. The third-order valence-electron chi connectivity index (χ3n) is 6.20. The normalized spacial score (nSPS) is 14.5. The van der Waals surface area contributed by atoms with Crippen molar-refractivity contribution in [2.24, 2.45) is 0 Å². The number of nitrogens with one attached hydrogen (secondary N) is 2. The molecule has 4 heterocycles. The van der Waals surface area contributed by atoms with E-state index in [1.54, 1.807) is 18.3 Å². The second-order valence-corrected chi connectivity index (χ2v) is 8.43. The van der Waals surface area contributed by atoms with E-state index in [9.17, 15) is 5.26 Å². The molecular weight excluding hydrogens is 428 g/mol. The van der Waals surface area contributed by atoms with Crippen LogP contribution >= 0.6 is 0 Å². The summed E-state index contributed by atoms with van der Waals surface area (Å²) in [5, 5.41) is 17.8. The van der Waals surface area contributed by atoms with Crippen LogP contribution in [0.3, 0.4) is 0 Å². The maximum atomic E-state index is 9.26. The van der Waals surface area contributed by atoms with Crippen molar-refractivity contribution in [1.29, 1.82) is 5.26 Å². The van der Waals surface area contributed by atoms with Gasteiger partial charge in [-0.1, -0.05) is 0 Å². The number of pyridine rings is 1. The molecule has 168 valence electrons. The van der Waals surface area contributed by atoms with Gasteiger partial charge >= 0.3 is 0 Å². The van der Waals surface area contributed by atoms with Gasteiger partial charge in [-0.3, -0.25) is 5.10 Å². The smallest absolute Gasteiger partial charge is 0.237 e. The van der Waals surface area contributed by atoms with Crippen LogP contribution in [0, 0.1) is 11.3 Å². The molecule has 0 spiro atoms. The Morgan fingerprint density at radius 3 is 2.76 bits per heavy atom. The Labute approximate surface area is 195 Å². The Morgan fingerprint density at radius 2 is 1.91 bits per heavy atom. The number of likely N-dealkylation sites (N-methyl/N-ethyl adjacent to an activating group) is 1. The largest absolute Gasteiger partial charge is 0.438 e. The van der Waals surface area contributed by atoms with Crippen LogP contribution in [-0.4, -0.2) is 63.3 Å². The molecule has 1 aliphatic rings. The molecular formula is C25H22N8O. The SMILES string of the molecule is CN1CCN(c2ccc3nc(-c4n[nH]c5cc(Oc6ncccc6C#N)ccc45)[nH]c3c2)CC1. The van der Waals surface area contributed by atoms with Crippen molar-refractivity contribution in [3.05, 3.63) is 60.3 Å². The Kier molecular flexibility index (Phi) is 4.86. The number of rotatable bonds is 4. The topological polar surface area (TPSA) is 110 Å². The fourth-order valence-electron chi connectivity index (χ4n) is 4.28. The first kappa shape index (κ1) is 20.2. The van der Waals surface area contributed by atoms with E-state index in [-0.39, 0.29) is 5.88 Å². The van der Waals surface area contributed by atoms with Gasteiger partial charge in [-0.15, -0.1) is 0 Å². The molecule has 6 rings (SSSR count). The number of aromatic nitrogens is 5. The van der Waals surface area contributed by atoms with Gasteiger partial charge in [0.25, 0.3) is 0 Å². The summed E-state index contributed by atoms with van der Waals surface area (Å²) in [5.74, 6) is 1.55. The fraction of sp³-hybridized carbons (Fsp3) is 0.200. The van der Waals surface area contributed by atoms with Crippen molar-refractivity contribution in [3.8, 4) is 29.2 Å². The summed E-state index contributed by atoms with van der Waals surface area (Å²) in [4.78, 5) is 17.1. The Bertz CT molecular complexity index is 1540. The van der Waals surface area contributed by atoms with Gasteiger partial charge in [0.1, 0.15) is 23.1 Å². The quantitative estimate of drug-likeness (QED) is 0.427. The van der Waals surface area contributed by atoms with Gasteiger partial charge in [-0.2, -0.15) is 10.4 Å². The van der Waals surface area contributed by atoms with E-state index in [4.69, 9.17) is 9.72 Å². The monoisotopic (exact) mass is 450 g/mol. The fourth-order valence-corrected chi connectivity index (χ4v) is 4.28. The zero-order chi connectivity index (χ0) is 23.1. The Balaban J connectivity index is 1.30. The predicted molar refractivity (Wildman–Crippen MR) is 130 cm³/mol. The molecule has 0 radical (unpaired) electrons. The molecule has 2 N–H and O–H groups in total. The number of piperazine rings is 1. The molecule has 34 heavy (non-hydrogen) atoms. The molecule has 3 aromatic heterocycles. The zero-order valence-electron chi connectivity index (χ0n) is 18.6. The van der Waals surface area contributed by atoms with Crippen LogP contribution in [0.2, 0.25) is 0 Å². The minimum atomic E-state index is 0.275. The maximum absolute atomic E-state index is 9.26. The lowest BCUT2D eigenvalue weighted by molar-refractivity contribution is 0.313.